The first-order valence-electron chi connectivity index (χ1n) is 11.4. The lowest BCUT2D eigenvalue weighted by atomic mass is 9.99. The van der Waals surface area contributed by atoms with Crippen LogP contribution >= 0.6 is 0 Å². The summed E-state index contributed by atoms with van der Waals surface area (Å²) in [5, 5.41) is 14.7. The molecule has 0 amide bonds. The Balaban J connectivity index is 1.60. The van der Waals surface area contributed by atoms with Crippen LogP contribution in [0.5, 0.6) is 0 Å². The summed E-state index contributed by atoms with van der Waals surface area (Å²) in [4.78, 5) is 9.38. The molecule has 32 heavy (non-hydrogen) atoms. The predicted molar refractivity (Wildman–Crippen MR) is 121 cm³/mol. The third-order valence-corrected chi connectivity index (χ3v) is 6.50. The number of aliphatic hydroxyl groups is 1. The van der Waals surface area contributed by atoms with Gasteiger partial charge in [0.25, 0.3) is 0 Å². The van der Waals surface area contributed by atoms with E-state index in [1.807, 2.05) is 17.5 Å². The van der Waals surface area contributed by atoms with Gasteiger partial charge in [-0.25, -0.2) is 13.9 Å². The highest BCUT2D eigenvalue weighted by Gasteiger charge is 2.28. The minimum Gasteiger partial charge on any atom is -0.390 e. The van der Waals surface area contributed by atoms with Crippen LogP contribution in [0.15, 0.2) is 24.3 Å². The second-order valence-electron chi connectivity index (χ2n) is 8.78. The minimum absolute atomic E-state index is 0.163. The molecule has 1 N–H and O–H groups in total. The molecule has 7 nitrogen and oxygen atoms in total. The summed E-state index contributed by atoms with van der Waals surface area (Å²) in [7, 11) is 0. The van der Waals surface area contributed by atoms with E-state index in [0.717, 1.165) is 52.6 Å². The molecule has 0 unspecified atom stereocenters. The minimum atomic E-state index is -0.266. The monoisotopic (exact) mass is 439 g/mol. The van der Waals surface area contributed by atoms with E-state index in [4.69, 9.17) is 14.8 Å². The van der Waals surface area contributed by atoms with Crippen LogP contribution < -0.4 is 4.90 Å². The lowest BCUT2D eigenvalue weighted by Gasteiger charge is -2.35. The van der Waals surface area contributed by atoms with Crippen LogP contribution in [0.25, 0.3) is 5.65 Å². The summed E-state index contributed by atoms with van der Waals surface area (Å²) in [5.41, 5.74) is 5.54. The molecule has 0 atom stereocenters. The standard InChI is InChI=1S/C24H30FN5O2/c1-3-19-17(5-4-6-20(19)25)12-22-21(15-28-13-18(31)14-28)26-24-16(2)11-23(27-30(22)24)29-7-9-32-10-8-29/h4-6,11,18,31H,3,7-10,12-15H2,1-2H3. The second-order valence-corrected chi connectivity index (χ2v) is 8.78. The first kappa shape index (κ1) is 21.3. The van der Waals surface area contributed by atoms with Gasteiger partial charge in [-0.15, -0.1) is 5.10 Å². The average Bonchev–Trinajstić information content (AvgIpc) is 3.11. The van der Waals surface area contributed by atoms with Crippen molar-refractivity contribution in [3.63, 3.8) is 0 Å². The van der Waals surface area contributed by atoms with Crippen LogP contribution in [0.3, 0.4) is 0 Å². The van der Waals surface area contributed by atoms with E-state index in [1.54, 1.807) is 6.07 Å². The van der Waals surface area contributed by atoms with Gasteiger partial charge >= 0.3 is 0 Å². The van der Waals surface area contributed by atoms with Gasteiger partial charge < -0.3 is 14.7 Å². The molecule has 2 fully saturated rings. The molecule has 5 rings (SSSR count). The van der Waals surface area contributed by atoms with Crippen molar-refractivity contribution in [3.8, 4) is 0 Å². The summed E-state index contributed by atoms with van der Waals surface area (Å²) >= 11 is 0. The van der Waals surface area contributed by atoms with Gasteiger partial charge in [-0.1, -0.05) is 19.1 Å². The highest BCUT2D eigenvalue weighted by atomic mass is 19.1. The van der Waals surface area contributed by atoms with Crippen LogP contribution in [0.4, 0.5) is 10.2 Å². The molecular weight excluding hydrogens is 409 g/mol. The normalized spacial score (nSPS) is 17.8. The maximum atomic E-state index is 14.5. The number of halogens is 1. The van der Waals surface area contributed by atoms with E-state index < -0.39 is 0 Å². The molecule has 2 saturated heterocycles. The zero-order valence-corrected chi connectivity index (χ0v) is 18.7. The molecule has 0 spiro atoms. The van der Waals surface area contributed by atoms with E-state index >= 15 is 0 Å². The Morgan fingerprint density at radius 3 is 2.72 bits per heavy atom. The van der Waals surface area contributed by atoms with Crippen molar-refractivity contribution in [3.05, 3.63) is 58.2 Å². The van der Waals surface area contributed by atoms with Gasteiger partial charge in [0.15, 0.2) is 5.65 Å². The number of β-amino-alcohol motifs (C(OH)–C–C–N with tert-alkyl or cyclic N) is 1. The largest absolute Gasteiger partial charge is 0.390 e. The molecule has 2 aliphatic rings. The van der Waals surface area contributed by atoms with Crippen molar-refractivity contribution >= 4 is 11.5 Å². The molecule has 4 heterocycles. The molecule has 3 aromatic rings. The molecule has 170 valence electrons. The number of aryl methyl sites for hydroxylation is 1. The van der Waals surface area contributed by atoms with Crippen LogP contribution in [0.2, 0.25) is 0 Å². The first-order chi connectivity index (χ1) is 15.5. The fourth-order valence-electron chi connectivity index (χ4n) is 4.72. The molecule has 2 aromatic heterocycles. The molecule has 2 aliphatic heterocycles. The lowest BCUT2D eigenvalue weighted by Crippen LogP contribution is -2.50. The Morgan fingerprint density at radius 2 is 2.00 bits per heavy atom. The lowest BCUT2D eigenvalue weighted by molar-refractivity contribution is -0.00360. The number of aromatic nitrogens is 3. The highest BCUT2D eigenvalue weighted by Crippen LogP contribution is 2.26. The summed E-state index contributed by atoms with van der Waals surface area (Å²) in [6, 6.07) is 7.39. The summed E-state index contributed by atoms with van der Waals surface area (Å²) < 4.78 is 21.9. The maximum absolute atomic E-state index is 14.5. The van der Waals surface area contributed by atoms with Crippen LogP contribution in [-0.2, 0) is 24.1 Å². The van der Waals surface area contributed by atoms with Gasteiger partial charge in [-0.3, -0.25) is 4.90 Å². The molecular formula is C24H30FN5O2. The van der Waals surface area contributed by atoms with Gasteiger partial charge in [0, 0.05) is 39.1 Å². The smallest absolute Gasteiger partial charge is 0.157 e. The van der Waals surface area contributed by atoms with Gasteiger partial charge in [0.1, 0.15) is 11.6 Å². The van der Waals surface area contributed by atoms with E-state index in [9.17, 15) is 9.50 Å². The molecule has 8 heteroatoms. The number of imidazole rings is 1. The number of ether oxygens (including phenoxy) is 1. The van der Waals surface area contributed by atoms with E-state index in [-0.39, 0.29) is 11.9 Å². The number of benzene rings is 1. The van der Waals surface area contributed by atoms with Gasteiger partial charge in [0.2, 0.25) is 0 Å². The average molecular weight is 440 g/mol. The summed E-state index contributed by atoms with van der Waals surface area (Å²) in [6.07, 6.45) is 0.934. The number of aliphatic hydroxyl groups excluding tert-OH is 1. The number of hydrogen-bond donors (Lipinski definition) is 1. The first-order valence-corrected chi connectivity index (χ1v) is 11.4. The van der Waals surface area contributed by atoms with Crippen LogP contribution in [0, 0.1) is 12.7 Å². The van der Waals surface area contributed by atoms with Crippen molar-refractivity contribution in [2.45, 2.75) is 39.3 Å². The second kappa shape index (κ2) is 8.77. The van der Waals surface area contributed by atoms with E-state index in [1.165, 1.54) is 6.07 Å². The number of nitrogens with zero attached hydrogens (tertiary/aromatic N) is 5. The van der Waals surface area contributed by atoms with E-state index in [2.05, 4.69) is 22.8 Å². The maximum Gasteiger partial charge on any atom is 0.157 e. The summed E-state index contributed by atoms with van der Waals surface area (Å²) in [6.45, 7) is 9.01. The van der Waals surface area contributed by atoms with Crippen molar-refractivity contribution < 1.29 is 14.2 Å². The van der Waals surface area contributed by atoms with E-state index in [0.29, 0.717) is 45.7 Å². The summed E-state index contributed by atoms with van der Waals surface area (Å²) in [5.74, 6) is 0.752. The topological polar surface area (TPSA) is 66.1 Å². The third-order valence-electron chi connectivity index (χ3n) is 6.50. The number of morpholine rings is 1. The number of likely N-dealkylation sites (tertiary alicyclic amines) is 1. The van der Waals surface area contributed by atoms with Crippen LogP contribution in [-0.4, -0.2) is 70.1 Å². The van der Waals surface area contributed by atoms with Crippen molar-refractivity contribution in [2.75, 3.05) is 44.3 Å². The molecule has 0 bridgehead atoms. The number of fused-ring (bicyclic) bond motifs is 1. The molecule has 0 aliphatic carbocycles. The fraction of sp³-hybridized carbons (Fsp3) is 0.500. The van der Waals surface area contributed by atoms with Crippen molar-refractivity contribution in [1.82, 2.24) is 19.5 Å². The zero-order valence-electron chi connectivity index (χ0n) is 18.7. The Morgan fingerprint density at radius 1 is 1.22 bits per heavy atom. The number of rotatable bonds is 6. The third kappa shape index (κ3) is 3.98. The fourth-order valence-corrected chi connectivity index (χ4v) is 4.72. The van der Waals surface area contributed by atoms with Gasteiger partial charge in [-0.2, -0.15) is 0 Å². The molecule has 0 saturated carbocycles. The highest BCUT2D eigenvalue weighted by molar-refractivity contribution is 5.56. The SMILES string of the molecule is CCc1c(F)cccc1Cc1c(CN2CC(O)C2)nc2c(C)cc(N3CCOCC3)nn12. The van der Waals surface area contributed by atoms with Crippen LogP contribution in [0.1, 0.15) is 35.0 Å². The Labute approximate surface area is 187 Å². The van der Waals surface area contributed by atoms with Crippen molar-refractivity contribution in [2.24, 2.45) is 0 Å². The van der Waals surface area contributed by atoms with Gasteiger partial charge in [0.05, 0.1) is 30.7 Å². The zero-order chi connectivity index (χ0) is 22.2. The van der Waals surface area contributed by atoms with Crippen molar-refractivity contribution in [1.29, 1.82) is 0 Å². The predicted octanol–water partition coefficient (Wildman–Crippen LogP) is 2.34. The Hall–Kier alpha value is -2.55. The molecule has 1 aromatic carbocycles. The Bertz CT molecular complexity index is 1120. The number of hydrogen-bond acceptors (Lipinski definition) is 6. The number of anilines is 1. The quantitative estimate of drug-likeness (QED) is 0.636. The Kier molecular flexibility index (Phi) is 5.84. The van der Waals surface area contributed by atoms with Gasteiger partial charge in [-0.05, 0) is 42.2 Å². The molecule has 0 radical (unpaired) electrons.